The monoisotopic (exact) mass is 312 g/mol. The molecule has 1 unspecified atom stereocenters. The summed E-state index contributed by atoms with van der Waals surface area (Å²) in [7, 11) is 1.85. The van der Waals surface area contributed by atoms with E-state index < -0.39 is 0 Å². The lowest BCUT2D eigenvalue weighted by Crippen LogP contribution is -2.32. The molecule has 0 saturated carbocycles. The third kappa shape index (κ3) is 3.19. The molecule has 0 spiro atoms. The number of aromatic nitrogens is 1. The summed E-state index contributed by atoms with van der Waals surface area (Å²) in [4.78, 5) is 11.7. The topological polar surface area (TPSA) is 34.0 Å². The Labute approximate surface area is 139 Å². The highest BCUT2D eigenvalue weighted by molar-refractivity contribution is 5.72. The van der Waals surface area contributed by atoms with Crippen molar-refractivity contribution in [3.63, 3.8) is 0 Å². The number of nitrogens with one attached hydrogen (secondary N) is 1. The fraction of sp³-hybridized carbons (Fsp3) is 0.450. The van der Waals surface area contributed by atoms with Crippen molar-refractivity contribution in [2.24, 2.45) is 5.92 Å². The van der Waals surface area contributed by atoms with Crippen LogP contribution in [0, 0.1) is 5.92 Å². The molecule has 2 rings (SSSR count). The zero-order valence-corrected chi connectivity index (χ0v) is 14.6. The van der Waals surface area contributed by atoms with Crippen LogP contribution in [0.25, 0.3) is 18.7 Å². The highest BCUT2D eigenvalue weighted by atomic mass is 16.1. The summed E-state index contributed by atoms with van der Waals surface area (Å²) >= 11 is 0. The summed E-state index contributed by atoms with van der Waals surface area (Å²) in [5.74, 6) is 0.448. The van der Waals surface area contributed by atoms with Crippen molar-refractivity contribution in [3.8, 4) is 0 Å². The lowest BCUT2D eigenvalue weighted by Gasteiger charge is -2.17. The number of nitrogens with zero attached hydrogens (tertiary/aromatic N) is 1. The van der Waals surface area contributed by atoms with E-state index in [0.717, 1.165) is 41.9 Å². The molecular formula is C20H28N2O. The molecule has 0 aromatic carbocycles. The zero-order valence-electron chi connectivity index (χ0n) is 14.6. The molecule has 0 amide bonds. The standard InChI is InChI=1S/C20H28N2O/c1-13(2)18-8-7-9-19-15(4)22(16(5)20(18)19)17(12-23)11-10-14(3)21-6/h8,12-13,17,21H,3-5,7,9-11H2,1-2,6H3. The predicted octanol–water partition coefficient (Wildman–Crippen LogP) is 2.55. The molecular weight excluding hydrogens is 284 g/mol. The summed E-state index contributed by atoms with van der Waals surface area (Å²) in [6.07, 6.45) is 6.81. The van der Waals surface area contributed by atoms with Crippen LogP contribution in [0.5, 0.6) is 0 Å². The van der Waals surface area contributed by atoms with Crippen LogP contribution in [-0.4, -0.2) is 17.9 Å². The van der Waals surface area contributed by atoms with Crippen molar-refractivity contribution in [3.05, 3.63) is 40.2 Å². The minimum Gasteiger partial charge on any atom is -0.392 e. The highest BCUT2D eigenvalue weighted by Gasteiger charge is 2.23. The molecule has 0 fully saturated rings. The smallest absolute Gasteiger partial charge is 0.142 e. The molecule has 1 N–H and O–H groups in total. The number of aldehydes is 1. The molecule has 1 aromatic heterocycles. The lowest BCUT2D eigenvalue weighted by atomic mass is 9.87. The molecule has 1 aliphatic carbocycles. The van der Waals surface area contributed by atoms with Crippen molar-refractivity contribution >= 4 is 25.0 Å². The fourth-order valence-corrected chi connectivity index (χ4v) is 3.46. The van der Waals surface area contributed by atoms with Crippen molar-refractivity contribution in [1.82, 2.24) is 9.88 Å². The van der Waals surface area contributed by atoms with E-state index in [1.54, 1.807) is 0 Å². The van der Waals surface area contributed by atoms with E-state index in [0.29, 0.717) is 12.3 Å². The SMILES string of the molecule is C=C(CCC(C=O)n1c(=C)c2c(c1=C)C(C(C)C)=CCC2)NC. The first kappa shape index (κ1) is 17.3. The lowest BCUT2D eigenvalue weighted by molar-refractivity contribution is -0.110. The number of rotatable bonds is 7. The van der Waals surface area contributed by atoms with E-state index >= 15 is 0 Å². The van der Waals surface area contributed by atoms with Gasteiger partial charge in [-0.15, -0.1) is 0 Å². The van der Waals surface area contributed by atoms with Crippen LogP contribution in [0.15, 0.2) is 18.4 Å². The van der Waals surface area contributed by atoms with E-state index in [2.05, 4.69) is 45.0 Å². The molecule has 0 aliphatic heterocycles. The third-order valence-corrected chi connectivity index (χ3v) is 4.77. The molecule has 0 bridgehead atoms. The van der Waals surface area contributed by atoms with Crippen LogP contribution in [0.1, 0.15) is 50.3 Å². The Bertz CT molecular complexity index is 737. The van der Waals surface area contributed by atoms with E-state index in [4.69, 9.17) is 0 Å². The molecule has 23 heavy (non-hydrogen) atoms. The van der Waals surface area contributed by atoms with Crippen LogP contribution in [-0.2, 0) is 11.2 Å². The van der Waals surface area contributed by atoms with Crippen molar-refractivity contribution in [2.75, 3.05) is 7.05 Å². The maximum absolute atomic E-state index is 11.7. The summed E-state index contributed by atoms with van der Waals surface area (Å²) < 4.78 is 2.03. The number of hydrogen-bond donors (Lipinski definition) is 1. The Morgan fingerprint density at radius 3 is 2.65 bits per heavy atom. The molecule has 0 radical (unpaired) electrons. The molecule has 0 saturated heterocycles. The van der Waals surface area contributed by atoms with Crippen LogP contribution in [0.3, 0.4) is 0 Å². The Hall–Kier alpha value is -2.03. The number of allylic oxidation sites excluding steroid dienone is 3. The quantitative estimate of drug-likeness (QED) is 0.785. The van der Waals surface area contributed by atoms with Gasteiger partial charge in [-0.05, 0) is 42.7 Å². The van der Waals surface area contributed by atoms with Gasteiger partial charge in [0, 0.05) is 29.0 Å². The zero-order chi connectivity index (χ0) is 17.1. The molecule has 1 atom stereocenters. The van der Waals surface area contributed by atoms with E-state index in [1.807, 2.05) is 11.6 Å². The molecule has 124 valence electrons. The second-order valence-electron chi connectivity index (χ2n) is 6.57. The Morgan fingerprint density at radius 2 is 2.09 bits per heavy atom. The average Bonchev–Trinajstić information content (AvgIpc) is 2.80. The largest absolute Gasteiger partial charge is 0.392 e. The predicted molar refractivity (Wildman–Crippen MR) is 98.4 cm³/mol. The molecule has 1 heterocycles. The molecule has 3 nitrogen and oxygen atoms in total. The van der Waals surface area contributed by atoms with E-state index in [-0.39, 0.29) is 6.04 Å². The second-order valence-corrected chi connectivity index (χ2v) is 6.57. The minimum atomic E-state index is -0.237. The van der Waals surface area contributed by atoms with Gasteiger partial charge in [-0.2, -0.15) is 0 Å². The van der Waals surface area contributed by atoms with Crippen LogP contribution >= 0.6 is 0 Å². The summed E-state index contributed by atoms with van der Waals surface area (Å²) in [5, 5.41) is 4.91. The van der Waals surface area contributed by atoms with Crippen molar-refractivity contribution in [2.45, 2.75) is 45.6 Å². The van der Waals surface area contributed by atoms with Gasteiger partial charge in [-0.25, -0.2) is 0 Å². The summed E-state index contributed by atoms with van der Waals surface area (Å²) in [6, 6.07) is -0.237. The third-order valence-electron chi connectivity index (χ3n) is 4.77. The minimum absolute atomic E-state index is 0.237. The van der Waals surface area contributed by atoms with Gasteiger partial charge in [0.2, 0.25) is 0 Å². The Morgan fingerprint density at radius 1 is 1.39 bits per heavy atom. The van der Waals surface area contributed by atoms with Gasteiger partial charge in [0.15, 0.2) is 0 Å². The van der Waals surface area contributed by atoms with Gasteiger partial charge in [-0.1, -0.05) is 39.7 Å². The average molecular weight is 312 g/mol. The van der Waals surface area contributed by atoms with E-state index in [1.165, 1.54) is 16.7 Å². The molecule has 1 aromatic rings. The van der Waals surface area contributed by atoms with Gasteiger partial charge in [0.25, 0.3) is 0 Å². The summed E-state index contributed by atoms with van der Waals surface area (Å²) in [5.41, 5.74) is 4.76. The van der Waals surface area contributed by atoms with E-state index in [9.17, 15) is 4.79 Å². The first-order valence-corrected chi connectivity index (χ1v) is 8.34. The fourth-order valence-electron chi connectivity index (χ4n) is 3.46. The van der Waals surface area contributed by atoms with Crippen molar-refractivity contribution < 1.29 is 4.79 Å². The van der Waals surface area contributed by atoms with Crippen LogP contribution < -0.4 is 16.0 Å². The van der Waals surface area contributed by atoms with Gasteiger partial charge in [-0.3, -0.25) is 0 Å². The van der Waals surface area contributed by atoms with Crippen LogP contribution in [0.2, 0.25) is 0 Å². The number of hydrogen-bond acceptors (Lipinski definition) is 2. The molecule has 1 aliphatic rings. The number of carbonyl (C=O) groups is 1. The Balaban J connectivity index is 2.47. The first-order valence-electron chi connectivity index (χ1n) is 8.34. The number of carbonyl (C=O) groups excluding carboxylic acids is 1. The first-order chi connectivity index (χ1) is 10.9. The van der Waals surface area contributed by atoms with Crippen molar-refractivity contribution in [1.29, 1.82) is 0 Å². The normalized spacial score (nSPS) is 15.0. The van der Waals surface area contributed by atoms with Gasteiger partial charge in [0.1, 0.15) is 6.29 Å². The maximum atomic E-state index is 11.7. The maximum Gasteiger partial charge on any atom is 0.142 e. The Kier molecular flexibility index (Phi) is 5.30. The second kappa shape index (κ2) is 7.03. The highest BCUT2D eigenvalue weighted by Crippen LogP contribution is 2.28. The van der Waals surface area contributed by atoms with Gasteiger partial charge >= 0.3 is 0 Å². The molecule has 3 heteroatoms. The van der Waals surface area contributed by atoms with Gasteiger partial charge in [0.05, 0.1) is 6.04 Å². The summed E-state index contributed by atoms with van der Waals surface area (Å²) in [6.45, 7) is 16.9. The number of fused-ring (bicyclic) bond motifs is 1. The van der Waals surface area contributed by atoms with Gasteiger partial charge < -0.3 is 14.7 Å². The van der Waals surface area contributed by atoms with Crippen LogP contribution in [0.4, 0.5) is 0 Å².